The van der Waals surface area contributed by atoms with E-state index in [1.54, 1.807) is 0 Å². The lowest BCUT2D eigenvalue weighted by atomic mass is 10.2. The van der Waals surface area contributed by atoms with E-state index in [0.717, 1.165) is 25.3 Å². The molecule has 2 heterocycles. The van der Waals surface area contributed by atoms with Gasteiger partial charge >= 0.3 is 0 Å². The fraction of sp³-hybridized carbons (Fsp3) is 0.385. The summed E-state index contributed by atoms with van der Waals surface area (Å²) in [6.07, 6.45) is 5.70. The van der Waals surface area contributed by atoms with Gasteiger partial charge in [-0.1, -0.05) is 13.0 Å². The Hall–Kier alpha value is -1.68. The van der Waals surface area contributed by atoms with Gasteiger partial charge in [-0.05, 0) is 25.1 Å². The van der Waals surface area contributed by atoms with E-state index in [0.29, 0.717) is 0 Å². The van der Waals surface area contributed by atoms with Crippen molar-refractivity contribution in [2.45, 2.75) is 26.9 Å². The van der Waals surface area contributed by atoms with Crippen LogP contribution in [0.5, 0.6) is 0 Å². The summed E-state index contributed by atoms with van der Waals surface area (Å²) in [6, 6.07) is 4.15. The highest BCUT2D eigenvalue weighted by Gasteiger charge is 2.02. The lowest BCUT2D eigenvalue weighted by molar-refractivity contribution is 0.656. The van der Waals surface area contributed by atoms with Crippen molar-refractivity contribution in [3.63, 3.8) is 0 Å². The second-order valence-corrected chi connectivity index (χ2v) is 4.10. The molecule has 0 aliphatic heterocycles. The maximum atomic E-state index is 4.30. The number of hydrogen-bond acceptors (Lipinski definition) is 3. The maximum absolute atomic E-state index is 4.30. The summed E-state index contributed by atoms with van der Waals surface area (Å²) in [4.78, 5) is 8.49. The van der Waals surface area contributed by atoms with Crippen molar-refractivity contribution in [3.05, 3.63) is 47.8 Å². The summed E-state index contributed by atoms with van der Waals surface area (Å²) < 4.78 is 2.15. The molecular weight excluding hydrogens is 212 g/mol. The minimum Gasteiger partial charge on any atom is -0.329 e. The Morgan fingerprint density at radius 3 is 2.88 bits per heavy atom. The smallest absolute Gasteiger partial charge is 0.0951 e. The van der Waals surface area contributed by atoms with E-state index >= 15 is 0 Å². The van der Waals surface area contributed by atoms with Crippen LogP contribution in [-0.4, -0.2) is 21.1 Å². The number of aromatic nitrogens is 3. The second kappa shape index (κ2) is 5.59. The molecule has 2 aromatic heterocycles. The topological polar surface area (TPSA) is 42.7 Å². The van der Waals surface area contributed by atoms with Crippen molar-refractivity contribution in [1.82, 2.24) is 19.9 Å². The van der Waals surface area contributed by atoms with Crippen LogP contribution in [0.3, 0.4) is 0 Å². The van der Waals surface area contributed by atoms with Crippen LogP contribution >= 0.6 is 0 Å². The molecule has 90 valence electrons. The molecule has 2 rings (SSSR count). The number of nitrogens with one attached hydrogen (secondary N) is 1. The van der Waals surface area contributed by atoms with Gasteiger partial charge in [0.1, 0.15) is 0 Å². The molecule has 0 saturated carbocycles. The summed E-state index contributed by atoms with van der Waals surface area (Å²) in [5.41, 5.74) is 3.45. The molecule has 17 heavy (non-hydrogen) atoms. The molecule has 4 heteroatoms. The van der Waals surface area contributed by atoms with Crippen molar-refractivity contribution in [3.8, 4) is 0 Å². The molecule has 1 N–H and O–H groups in total. The van der Waals surface area contributed by atoms with Crippen LogP contribution in [-0.2, 0) is 13.1 Å². The number of imidazole rings is 1. The third-order valence-corrected chi connectivity index (χ3v) is 2.68. The Morgan fingerprint density at radius 1 is 1.29 bits per heavy atom. The first-order chi connectivity index (χ1) is 8.29. The molecule has 0 atom stereocenters. The fourth-order valence-corrected chi connectivity index (χ4v) is 1.68. The van der Waals surface area contributed by atoms with Crippen LogP contribution in [0.25, 0.3) is 0 Å². The molecule has 0 aliphatic rings. The monoisotopic (exact) mass is 230 g/mol. The molecule has 0 spiro atoms. The predicted octanol–water partition coefficient (Wildman–Crippen LogP) is 1.74. The lowest BCUT2D eigenvalue weighted by Crippen LogP contribution is -2.15. The minimum atomic E-state index is 0.827. The van der Waals surface area contributed by atoms with Crippen molar-refractivity contribution < 1.29 is 0 Å². The maximum Gasteiger partial charge on any atom is 0.0951 e. The SMILES string of the molecule is CCNCc1cncn1Cc1ccc(C)nc1. The molecule has 0 unspecified atom stereocenters. The van der Waals surface area contributed by atoms with Gasteiger partial charge < -0.3 is 9.88 Å². The molecule has 0 fully saturated rings. The van der Waals surface area contributed by atoms with Crippen LogP contribution < -0.4 is 5.32 Å². The third-order valence-electron chi connectivity index (χ3n) is 2.68. The first kappa shape index (κ1) is 11.8. The summed E-state index contributed by atoms with van der Waals surface area (Å²) >= 11 is 0. The zero-order valence-corrected chi connectivity index (χ0v) is 10.3. The van der Waals surface area contributed by atoms with Gasteiger partial charge in [-0.3, -0.25) is 4.98 Å². The third kappa shape index (κ3) is 3.14. The Morgan fingerprint density at radius 2 is 2.18 bits per heavy atom. The van der Waals surface area contributed by atoms with Crippen LogP contribution in [0.2, 0.25) is 0 Å². The van der Waals surface area contributed by atoms with Crippen LogP contribution in [0.4, 0.5) is 0 Å². The summed E-state index contributed by atoms with van der Waals surface area (Å²) in [7, 11) is 0. The van der Waals surface area contributed by atoms with Gasteiger partial charge in [0.2, 0.25) is 0 Å². The van der Waals surface area contributed by atoms with E-state index in [1.807, 2.05) is 31.7 Å². The van der Waals surface area contributed by atoms with E-state index in [2.05, 4.69) is 32.8 Å². The molecule has 2 aromatic rings. The average Bonchev–Trinajstić information content (AvgIpc) is 2.77. The highest BCUT2D eigenvalue weighted by Crippen LogP contribution is 2.06. The highest BCUT2D eigenvalue weighted by atomic mass is 15.1. The number of rotatable bonds is 5. The van der Waals surface area contributed by atoms with Crippen molar-refractivity contribution in [2.75, 3.05) is 6.54 Å². The van der Waals surface area contributed by atoms with Crippen molar-refractivity contribution >= 4 is 0 Å². The van der Waals surface area contributed by atoms with E-state index in [9.17, 15) is 0 Å². The van der Waals surface area contributed by atoms with E-state index in [-0.39, 0.29) is 0 Å². The van der Waals surface area contributed by atoms with E-state index in [1.165, 1.54) is 11.3 Å². The largest absolute Gasteiger partial charge is 0.329 e. The highest BCUT2D eigenvalue weighted by molar-refractivity contribution is 5.14. The minimum absolute atomic E-state index is 0.827. The van der Waals surface area contributed by atoms with Crippen LogP contribution in [0.15, 0.2) is 30.9 Å². The number of pyridine rings is 1. The van der Waals surface area contributed by atoms with E-state index in [4.69, 9.17) is 0 Å². The normalized spacial score (nSPS) is 10.7. The summed E-state index contributed by atoms with van der Waals surface area (Å²) in [5.74, 6) is 0. The molecule has 0 aliphatic carbocycles. The zero-order valence-electron chi connectivity index (χ0n) is 10.3. The van der Waals surface area contributed by atoms with Crippen molar-refractivity contribution in [1.29, 1.82) is 0 Å². The lowest BCUT2D eigenvalue weighted by Gasteiger charge is -2.08. The number of nitrogens with zero attached hydrogens (tertiary/aromatic N) is 3. The van der Waals surface area contributed by atoms with Gasteiger partial charge in [-0.25, -0.2) is 4.98 Å². The first-order valence-electron chi connectivity index (χ1n) is 5.91. The van der Waals surface area contributed by atoms with Gasteiger partial charge in [0.15, 0.2) is 0 Å². The van der Waals surface area contributed by atoms with Crippen LogP contribution in [0, 0.1) is 6.92 Å². The average molecular weight is 230 g/mol. The molecule has 0 bridgehead atoms. The first-order valence-corrected chi connectivity index (χ1v) is 5.91. The molecule has 0 amide bonds. The van der Waals surface area contributed by atoms with Crippen LogP contribution in [0.1, 0.15) is 23.9 Å². The quantitative estimate of drug-likeness (QED) is 0.851. The van der Waals surface area contributed by atoms with Gasteiger partial charge in [-0.2, -0.15) is 0 Å². The standard InChI is InChI=1S/C13H18N4/c1-3-14-7-13-8-15-10-17(13)9-12-5-4-11(2)16-6-12/h4-6,8,10,14H,3,7,9H2,1-2H3. The predicted molar refractivity (Wildman–Crippen MR) is 67.7 cm³/mol. The fourth-order valence-electron chi connectivity index (χ4n) is 1.68. The summed E-state index contributed by atoms with van der Waals surface area (Å²) in [6.45, 7) is 6.75. The van der Waals surface area contributed by atoms with E-state index < -0.39 is 0 Å². The molecular formula is C13H18N4. The Bertz CT molecular complexity index is 459. The van der Waals surface area contributed by atoms with Gasteiger partial charge in [0.05, 0.1) is 18.6 Å². The van der Waals surface area contributed by atoms with Crippen molar-refractivity contribution in [2.24, 2.45) is 0 Å². The summed E-state index contributed by atoms with van der Waals surface area (Å²) in [5, 5.41) is 3.31. The Kier molecular flexibility index (Phi) is 3.88. The Labute approximate surface area is 102 Å². The molecule has 4 nitrogen and oxygen atoms in total. The van der Waals surface area contributed by atoms with Gasteiger partial charge in [0, 0.05) is 24.6 Å². The molecule has 0 saturated heterocycles. The Balaban J connectivity index is 2.07. The second-order valence-electron chi connectivity index (χ2n) is 4.10. The number of hydrogen-bond donors (Lipinski definition) is 1. The van der Waals surface area contributed by atoms with Gasteiger partial charge in [0.25, 0.3) is 0 Å². The molecule has 0 radical (unpaired) electrons. The zero-order chi connectivity index (χ0) is 12.1. The molecule has 0 aromatic carbocycles. The van der Waals surface area contributed by atoms with Gasteiger partial charge in [-0.15, -0.1) is 0 Å². The number of aryl methyl sites for hydroxylation is 1.